The lowest BCUT2D eigenvalue weighted by Gasteiger charge is -2.23. The summed E-state index contributed by atoms with van der Waals surface area (Å²) in [5, 5.41) is 2.00. The van der Waals surface area contributed by atoms with Crippen molar-refractivity contribution >= 4 is 28.3 Å². The molecule has 0 unspecified atom stereocenters. The lowest BCUT2D eigenvalue weighted by molar-refractivity contribution is 0.0242. The van der Waals surface area contributed by atoms with Crippen LogP contribution in [0.5, 0.6) is 5.88 Å². The summed E-state index contributed by atoms with van der Waals surface area (Å²) in [6.45, 7) is 1.39. The van der Waals surface area contributed by atoms with Gasteiger partial charge in [-0.1, -0.05) is 0 Å². The zero-order chi connectivity index (χ0) is 22.9. The van der Waals surface area contributed by atoms with Gasteiger partial charge in [0.15, 0.2) is 0 Å². The molecule has 33 heavy (non-hydrogen) atoms. The first-order chi connectivity index (χ1) is 16.0. The Bertz CT molecular complexity index is 1280. The first kappa shape index (κ1) is 21.7. The van der Waals surface area contributed by atoms with Gasteiger partial charge in [-0.3, -0.25) is 4.79 Å². The third-order valence-corrected chi connectivity index (χ3v) is 6.69. The van der Waals surface area contributed by atoms with Gasteiger partial charge in [-0.2, -0.15) is 4.98 Å². The van der Waals surface area contributed by atoms with E-state index in [0.29, 0.717) is 36.2 Å². The highest BCUT2D eigenvalue weighted by molar-refractivity contribution is 7.12. The van der Waals surface area contributed by atoms with E-state index in [1.165, 1.54) is 11.3 Å². The summed E-state index contributed by atoms with van der Waals surface area (Å²) in [7, 11) is 5.52. The van der Waals surface area contributed by atoms with Gasteiger partial charge in [0, 0.05) is 59.0 Å². The first-order valence-corrected chi connectivity index (χ1v) is 11.9. The molecule has 1 aliphatic heterocycles. The fourth-order valence-electron chi connectivity index (χ4n) is 4.00. The number of thiophene rings is 1. The molecule has 1 amide bonds. The van der Waals surface area contributed by atoms with E-state index in [1.54, 1.807) is 19.0 Å². The lowest BCUT2D eigenvalue weighted by atomic mass is 10.1. The number of hydrogen-bond acceptors (Lipinski definition) is 6. The molecule has 0 aromatic carbocycles. The summed E-state index contributed by atoms with van der Waals surface area (Å²) < 4.78 is 16.0. The van der Waals surface area contributed by atoms with E-state index in [-0.39, 0.29) is 12.0 Å². The van der Waals surface area contributed by atoms with Crippen LogP contribution in [0.25, 0.3) is 16.7 Å². The van der Waals surface area contributed by atoms with Crippen LogP contribution in [0.2, 0.25) is 0 Å². The number of nitrogens with zero attached hydrogens (tertiary/aromatic N) is 5. The van der Waals surface area contributed by atoms with Crippen molar-refractivity contribution in [3.63, 3.8) is 0 Å². The van der Waals surface area contributed by atoms with Crippen molar-refractivity contribution in [2.75, 3.05) is 27.3 Å². The Morgan fingerprint density at radius 2 is 2.06 bits per heavy atom. The lowest BCUT2D eigenvalue weighted by Crippen LogP contribution is -2.26. The molecule has 8 nitrogen and oxygen atoms in total. The maximum absolute atomic E-state index is 12.3. The van der Waals surface area contributed by atoms with Crippen LogP contribution in [0.15, 0.2) is 42.2 Å². The molecule has 1 aliphatic rings. The molecule has 172 valence electrons. The highest BCUT2D eigenvalue weighted by atomic mass is 32.1. The van der Waals surface area contributed by atoms with Gasteiger partial charge in [-0.15, -0.1) is 11.3 Å². The maximum Gasteiger partial charge on any atom is 0.263 e. The summed E-state index contributed by atoms with van der Waals surface area (Å²) in [4.78, 5) is 24.3. The largest absolute Gasteiger partial charge is 0.473 e. The fourth-order valence-corrected chi connectivity index (χ4v) is 4.93. The number of ether oxygens (including phenoxy) is 2. The fraction of sp³-hybridized carbons (Fsp3) is 0.375. The van der Waals surface area contributed by atoms with Crippen LogP contribution >= 0.6 is 11.3 Å². The third kappa shape index (κ3) is 4.51. The minimum Gasteiger partial charge on any atom is -0.473 e. The van der Waals surface area contributed by atoms with Crippen LogP contribution in [-0.2, 0) is 18.2 Å². The van der Waals surface area contributed by atoms with Crippen molar-refractivity contribution < 1.29 is 14.3 Å². The van der Waals surface area contributed by atoms with Crippen molar-refractivity contribution in [3.8, 4) is 11.6 Å². The number of carbonyl (C=O) groups is 1. The van der Waals surface area contributed by atoms with Gasteiger partial charge in [0.2, 0.25) is 5.88 Å². The second-order valence-electron chi connectivity index (χ2n) is 8.52. The van der Waals surface area contributed by atoms with Gasteiger partial charge in [-0.05, 0) is 29.1 Å². The van der Waals surface area contributed by atoms with Gasteiger partial charge >= 0.3 is 0 Å². The topological polar surface area (TPSA) is 74.4 Å². The smallest absolute Gasteiger partial charge is 0.263 e. The zero-order valence-electron chi connectivity index (χ0n) is 19.0. The van der Waals surface area contributed by atoms with E-state index < -0.39 is 0 Å². The van der Waals surface area contributed by atoms with Crippen molar-refractivity contribution in [1.29, 1.82) is 0 Å². The van der Waals surface area contributed by atoms with Gasteiger partial charge in [0.1, 0.15) is 17.4 Å². The second kappa shape index (κ2) is 8.99. The molecule has 4 aromatic rings. The Morgan fingerprint density at radius 1 is 1.24 bits per heavy atom. The molecule has 0 N–H and O–H groups in total. The van der Waals surface area contributed by atoms with Gasteiger partial charge in [0.25, 0.3) is 5.91 Å². The average Bonchev–Trinajstić information content (AvgIpc) is 3.53. The Labute approximate surface area is 196 Å². The molecule has 0 atom stereocenters. The first-order valence-electron chi connectivity index (χ1n) is 11.0. The molecule has 9 heteroatoms. The molecule has 0 saturated carbocycles. The monoisotopic (exact) mass is 465 g/mol. The van der Waals surface area contributed by atoms with Crippen molar-refractivity contribution in [2.45, 2.75) is 25.4 Å². The minimum atomic E-state index is 0.00565. The number of aromatic nitrogens is 4. The minimum absolute atomic E-state index is 0.00565. The van der Waals surface area contributed by atoms with E-state index in [9.17, 15) is 4.79 Å². The van der Waals surface area contributed by atoms with Crippen LogP contribution in [0.3, 0.4) is 0 Å². The van der Waals surface area contributed by atoms with Crippen LogP contribution in [0, 0.1) is 0 Å². The molecule has 5 rings (SSSR count). The van der Waals surface area contributed by atoms with Crippen molar-refractivity contribution in [1.82, 2.24) is 24.0 Å². The van der Waals surface area contributed by atoms with Gasteiger partial charge in [-0.25, -0.2) is 4.98 Å². The van der Waals surface area contributed by atoms with E-state index in [2.05, 4.69) is 16.8 Å². The molecule has 4 aromatic heterocycles. The van der Waals surface area contributed by atoms with Crippen molar-refractivity contribution in [3.05, 3.63) is 58.4 Å². The van der Waals surface area contributed by atoms with E-state index in [0.717, 1.165) is 35.1 Å². The summed E-state index contributed by atoms with van der Waals surface area (Å²) in [6.07, 6.45) is 8.36. The number of hydrogen-bond donors (Lipinski definition) is 0. The van der Waals surface area contributed by atoms with Crippen molar-refractivity contribution in [2.24, 2.45) is 7.05 Å². The van der Waals surface area contributed by atoms with Crippen LogP contribution in [0.1, 0.15) is 33.9 Å². The standard InChI is InChI=1S/C24H27N5O3S/c1-27(2)24(30)20-12-16(15-33-20)13-21-25-19-5-9-29(17-4-8-28(3)14-17)22(19)23(26-21)32-18-6-10-31-11-7-18/h4-5,8-9,12,14-15,18H,6-7,10-11,13H2,1-3H3. The number of aryl methyl sites for hydroxylation is 1. The molecular formula is C24H27N5O3S. The quantitative estimate of drug-likeness (QED) is 0.434. The van der Waals surface area contributed by atoms with Gasteiger partial charge in [0.05, 0.1) is 29.3 Å². The Hall–Kier alpha value is -3.17. The third-order valence-electron chi connectivity index (χ3n) is 5.72. The summed E-state index contributed by atoms with van der Waals surface area (Å²) in [5.41, 5.74) is 3.75. The van der Waals surface area contributed by atoms with E-state index >= 15 is 0 Å². The SMILES string of the molecule is CN(C)C(=O)c1cc(Cc2nc(OC3CCOCC3)c3c(ccn3-c3ccn(C)c3)n2)cs1. The predicted molar refractivity (Wildman–Crippen MR) is 127 cm³/mol. The molecule has 1 saturated heterocycles. The number of fused-ring (bicyclic) bond motifs is 1. The Balaban J connectivity index is 1.51. The summed E-state index contributed by atoms with van der Waals surface area (Å²) in [6, 6.07) is 5.98. The maximum atomic E-state index is 12.3. The zero-order valence-corrected chi connectivity index (χ0v) is 19.8. The van der Waals surface area contributed by atoms with Crippen LogP contribution in [-0.4, -0.2) is 63.3 Å². The van der Waals surface area contributed by atoms with Crippen LogP contribution in [0.4, 0.5) is 0 Å². The molecule has 0 radical (unpaired) electrons. The number of carbonyl (C=O) groups excluding carboxylic acids is 1. The summed E-state index contributed by atoms with van der Waals surface area (Å²) >= 11 is 1.45. The normalized spacial score (nSPS) is 14.6. The van der Waals surface area contributed by atoms with E-state index in [4.69, 9.17) is 19.4 Å². The van der Waals surface area contributed by atoms with E-state index in [1.807, 2.05) is 41.5 Å². The Morgan fingerprint density at radius 3 is 2.79 bits per heavy atom. The number of rotatable bonds is 6. The number of amides is 1. The average molecular weight is 466 g/mol. The molecule has 5 heterocycles. The molecular weight excluding hydrogens is 438 g/mol. The molecule has 0 aliphatic carbocycles. The molecule has 0 bridgehead atoms. The Kier molecular flexibility index (Phi) is 5.90. The second-order valence-corrected chi connectivity index (χ2v) is 9.44. The highest BCUT2D eigenvalue weighted by Gasteiger charge is 2.21. The summed E-state index contributed by atoms with van der Waals surface area (Å²) in [5.74, 6) is 1.28. The highest BCUT2D eigenvalue weighted by Crippen LogP contribution is 2.30. The van der Waals surface area contributed by atoms with Gasteiger partial charge < -0.3 is 23.5 Å². The predicted octanol–water partition coefficient (Wildman–Crippen LogP) is 3.67. The molecule has 1 fully saturated rings. The molecule has 0 spiro atoms. The van der Waals surface area contributed by atoms with Crippen LogP contribution < -0.4 is 4.74 Å².